The number of thioether (sulfide) groups is 1. The van der Waals surface area contributed by atoms with E-state index in [9.17, 15) is 0 Å². The van der Waals surface area contributed by atoms with Crippen molar-refractivity contribution in [2.45, 2.75) is 43.3 Å². The average Bonchev–Trinajstić information content (AvgIpc) is 3.61. The van der Waals surface area contributed by atoms with E-state index in [1.54, 1.807) is 7.11 Å². The molecule has 0 radical (unpaired) electrons. The van der Waals surface area contributed by atoms with Crippen LogP contribution in [-0.2, 0) is 17.0 Å². The lowest BCUT2D eigenvalue weighted by atomic mass is 10.1. The van der Waals surface area contributed by atoms with Crippen molar-refractivity contribution < 1.29 is 14.0 Å². The highest BCUT2D eigenvalue weighted by atomic mass is 32.2. The number of methoxy groups -OCH3 is 1. The molecule has 0 amide bonds. The molecule has 0 aliphatic carbocycles. The first-order chi connectivity index (χ1) is 16.2. The summed E-state index contributed by atoms with van der Waals surface area (Å²) >= 11 is 1.53. The molecule has 0 spiro atoms. The van der Waals surface area contributed by atoms with Crippen molar-refractivity contribution in [2.24, 2.45) is 0 Å². The fraction of sp³-hybridized carbons (Fsp3) is 0.333. The first-order valence-corrected chi connectivity index (χ1v) is 11.9. The van der Waals surface area contributed by atoms with E-state index >= 15 is 0 Å². The predicted octanol–water partition coefficient (Wildman–Crippen LogP) is 4.78. The molecule has 1 saturated heterocycles. The maximum Gasteiger partial charge on any atom is 0.237 e. The third-order valence-corrected chi connectivity index (χ3v) is 6.53. The largest absolute Gasteiger partial charge is 0.497 e. The molecule has 5 rings (SSSR count). The summed E-state index contributed by atoms with van der Waals surface area (Å²) in [5.41, 5.74) is 3.10. The summed E-state index contributed by atoms with van der Waals surface area (Å²) in [5.74, 6) is 3.25. The fourth-order valence-corrected chi connectivity index (χ4v) is 4.55. The van der Waals surface area contributed by atoms with Crippen molar-refractivity contribution in [1.29, 1.82) is 0 Å². The van der Waals surface area contributed by atoms with E-state index in [-0.39, 0.29) is 6.10 Å². The third-order valence-electron chi connectivity index (χ3n) is 5.58. The average molecular weight is 464 g/mol. The summed E-state index contributed by atoms with van der Waals surface area (Å²) in [5, 5.41) is 13.9. The van der Waals surface area contributed by atoms with Crippen molar-refractivity contribution in [3.05, 3.63) is 60.0 Å². The molecule has 9 heteroatoms. The summed E-state index contributed by atoms with van der Waals surface area (Å²) in [7, 11) is 1.66. The highest BCUT2D eigenvalue weighted by Crippen LogP contribution is 2.29. The van der Waals surface area contributed by atoms with Crippen LogP contribution in [0.2, 0.25) is 0 Å². The molecule has 0 bridgehead atoms. The number of hydrogen-bond acceptors (Lipinski definition) is 8. The fourth-order valence-electron chi connectivity index (χ4n) is 3.77. The Bertz CT molecular complexity index is 1200. The lowest BCUT2D eigenvalue weighted by molar-refractivity contribution is 0.0953. The van der Waals surface area contributed by atoms with Crippen molar-refractivity contribution in [2.75, 3.05) is 13.7 Å². The smallest absolute Gasteiger partial charge is 0.237 e. The lowest BCUT2D eigenvalue weighted by Crippen LogP contribution is -2.16. The summed E-state index contributed by atoms with van der Waals surface area (Å²) in [6.45, 7) is 3.56. The van der Waals surface area contributed by atoms with Gasteiger partial charge >= 0.3 is 0 Å². The Kier molecular flexibility index (Phi) is 6.41. The van der Waals surface area contributed by atoms with Gasteiger partial charge in [0.1, 0.15) is 5.75 Å². The number of benzene rings is 2. The third kappa shape index (κ3) is 4.94. The molecule has 2 aromatic heterocycles. The topological polar surface area (TPSA) is 88.1 Å². The van der Waals surface area contributed by atoms with Gasteiger partial charge in [-0.05, 0) is 44.0 Å². The Balaban J connectivity index is 1.36. The van der Waals surface area contributed by atoms with E-state index in [0.29, 0.717) is 24.0 Å². The summed E-state index contributed by atoms with van der Waals surface area (Å²) in [6, 6.07) is 15.9. The Hall–Kier alpha value is -3.17. The number of hydrogen-bond donors (Lipinski definition) is 0. The van der Waals surface area contributed by atoms with Gasteiger partial charge in [0.25, 0.3) is 0 Å². The van der Waals surface area contributed by atoms with Gasteiger partial charge in [0.15, 0.2) is 11.0 Å². The van der Waals surface area contributed by atoms with E-state index in [2.05, 4.69) is 31.8 Å². The van der Waals surface area contributed by atoms with Crippen molar-refractivity contribution in [1.82, 2.24) is 24.9 Å². The van der Waals surface area contributed by atoms with Crippen molar-refractivity contribution in [3.63, 3.8) is 0 Å². The van der Waals surface area contributed by atoms with Gasteiger partial charge in [0.2, 0.25) is 11.7 Å². The summed E-state index contributed by atoms with van der Waals surface area (Å²) in [6.07, 6.45) is 2.28. The van der Waals surface area contributed by atoms with Crippen LogP contribution >= 0.6 is 11.8 Å². The van der Waals surface area contributed by atoms with E-state index < -0.39 is 0 Å². The van der Waals surface area contributed by atoms with Crippen LogP contribution in [0.15, 0.2) is 58.2 Å². The molecule has 170 valence electrons. The minimum atomic E-state index is 0.161. The molecule has 3 heterocycles. The predicted molar refractivity (Wildman–Crippen MR) is 125 cm³/mol. The van der Waals surface area contributed by atoms with Gasteiger partial charge in [-0.25, -0.2) is 0 Å². The van der Waals surface area contributed by atoms with Gasteiger partial charge in [-0.2, -0.15) is 4.98 Å². The van der Waals surface area contributed by atoms with Crippen molar-refractivity contribution >= 4 is 11.8 Å². The summed E-state index contributed by atoms with van der Waals surface area (Å²) < 4.78 is 18.8. The van der Waals surface area contributed by atoms with Gasteiger partial charge < -0.3 is 14.0 Å². The van der Waals surface area contributed by atoms with E-state index in [4.69, 9.17) is 14.0 Å². The second-order valence-corrected chi connectivity index (χ2v) is 8.89. The van der Waals surface area contributed by atoms with Gasteiger partial charge in [-0.1, -0.05) is 46.7 Å². The minimum absolute atomic E-state index is 0.161. The number of rotatable bonds is 8. The standard InChI is InChI=1S/C24H25N5O3S/c1-16-5-7-17(8-6-16)22-25-21(32-28-22)15-33-24-27-26-23(18-9-11-19(30-2)12-10-18)29(24)14-20-4-3-13-31-20/h5-12,20H,3-4,13-15H2,1-2H3. The molecule has 1 fully saturated rings. The van der Waals surface area contributed by atoms with E-state index in [1.807, 2.05) is 48.5 Å². The Morgan fingerprint density at radius 1 is 1.06 bits per heavy atom. The molecule has 1 unspecified atom stereocenters. The Labute approximate surface area is 196 Å². The van der Waals surface area contributed by atoms with Gasteiger partial charge in [0.05, 0.1) is 25.5 Å². The van der Waals surface area contributed by atoms with Gasteiger partial charge in [-0.15, -0.1) is 10.2 Å². The van der Waals surface area contributed by atoms with Crippen LogP contribution in [0.5, 0.6) is 5.75 Å². The first kappa shape index (κ1) is 21.7. The molecule has 1 aliphatic heterocycles. The number of nitrogens with zero attached hydrogens (tertiary/aromatic N) is 5. The van der Waals surface area contributed by atoms with Crippen LogP contribution in [0.4, 0.5) is 0 Å². The Morgan fingerprint density at radius 3 is 2.58 bits per heavy atom. The first-order valence-electron chi connectivity index (χ1n) is 10.9. The lowest BCUT2D eigenvalue weighted by Gasteiger charge is -2.14. The maximum atomic E-state index is 5.89. The monoisotopic (exact) mass is 463 g/mol. The van der Waals surface area contributed by atoms with Gasteiger partial charge in [-0.3, -0.25) is 4.57 Å². The second kappa shape index (κ2) is 9.76. The molecule has 1 atom stereocenters. The van der Waals surface area contributed by atoms with Gasteiger partial charge in [0, 0.05) is 17.7 Å². The molecule has 2 aromatic carbocycles. The number of aromatic nitrogens is 5. The highest BCUT2D eigenvalue weighted by molar-refractivity contribution is 7.98. The molecule has 4 aromatic rings. The zero-order valence-electron chi connectivity index (χ0n) is 18.6. The SMILES string of the molecule is COc1ccc(-c2nnc(SCc3nc(-c4ccc(C)cc4)no3)n2CC2CCCO2)cc1. The molecule has 33 heavy (non-hydrogen) atoms. The molecule has 1 aliphatic rings. The molecule has 0 N–H and O–H groups in total. The quantitative estimate of drug-likeness (QED) is 0.345. The second-order valence-electron chi connectivity index (χ2n) is 7.95. The maximum absolute atomic E-state index is 5.89. The zero-order valence-corrected chi connectivity index (χ0v) is 19.4. The van der Waals surface area contributed by atoms with Crippen LogP contribution in [0.3, 0.4) is 0 Å². The molecule has 0 saturated carbocycles. The minimum Gasteiger partial charge on any atom is -0.497 e. The molecular formula is C24H25N5O3S. The van der Waals surface area contributed by atoms with E-state index in [0.717, 1.165) is 47.3 Å². The summed E-state index contributed by atoms with van der Waals surface area (Å²) in [4.78, 5) is 4.55. The zero-order chi connectivity index (χ0) is 22.6. The van der Waals surface area contributed by atoms with Crippen LogP contribution in [0.25, 0.3) is 22.8 Å². The van der Waals surface area contributed by atoms with E-state index in [1.165, 1.54) is 17.3 Å². The van der Waals surface area contributed by atoms with Crippen LogP contribution < -0.4 is 4.74 Å². The van der Waals surface area contributed by atoms with Crippen LogP contribution in [-0.4, -0.2) is 44.7 Å². The van der Waals surface area contributed by atoms with Crippen LogP contribution in [0.1, 0.15) is 24.3 Å². The number of ether oxygens (including phenoxy) is 2. The van der Waals surface area contributed by atoms with Crippen molar-refractivity contribution in [3.8, 4) is 28.5 Å². The van der Waals surface area contributed by atoms with Crippen LogP contribution in [0, 0.1) is 6.92 Å². The molecule has 8 nitrogen and oxygen atoms in total. The Morgan fingerprint density at radius 2 is 1.85 bits per heavy atom. The molecular weight excluding hydrogens is 438 g/mol. The highest BCUT2D eigenvalue weighted by Gasteiger charge is 2.22. The normalized spacial score (nSPS) is 15.8. The number of aryl methyl sites for hydroxylation is 1.